The van der Waals surface area contributed by atoms with Crippen LogP contribution in [0.3, 0.4) is 0 Å². The van der Waals surface area contributed by atoms with E-state index in [0.717, 1.165) is 4.57 Å². The lowest BCUT2D eigenvalue weighted by Crippen LogP contribution is -2.29. The molecule has 1 aromatic rings. The van der Waals surface area contributed by atoms with Crippen molar-refractivity contribution in [3.05, 3.63) is 11.6 Å². The lowest BCUT2D eigenvalue weighted by Gasteiger charge is -2.22. The molecule has 8 heteroatoms. The summed E-state index contributed by atoms with van der Waals surface area (Å²) in [7, 11) is 0. The highest BCUT2D eigenvalue weighted by atomic mass is 127. The Morgan fingerprint density at radius 1 is 1.21 bits per heavy atom. The first-order valence-corrected chi connectivity index (χ1v) is 4.85. The molecular formula is C6H6F3IN4. The van der Waals surface area contributed by atoms with Gasteiger partial charge in [-0.05, 0) is 0 Å². The Labute approximate surface area is 91.6 Å². The Balaban J connectivity index is 2.38. The number of nitrogens with zero attached hydrogens (tertiary/aromatic N) is 4. The van der Waals surface area contributed by atoms with Crippen LogP contribution in [0.1, 0.15) is 11.6 Å². The van der Waals surface area contributed by atoms with Gasteiger partial charge in [0.2, 0.25) is 5.82 Å². The third kappa shape index (κ3) is 1.72. The maximum absolute atomic E-state index is 12.4. The van der Waals surface area contributed by atoms with Crippen LogP contribution in [0.25, 0.3) is 0 Å². The summed E-state index contributed by atoms with van der Waals surface area (Å²) in [6, 6.07) is 0. The van der Waals surface area contributed by atoms with E-state index in [9.17, 15) is 13.2 Å². The smallest absolute Gasteiger partial charge is 0.305 e. The number of fused-ring (bicyclic) bond motifs is 1. The average molecular weight is 318 g/mol. The number of halogens is 4. The normalized spacial score (nSPS) is 18.3. The Kier molecular flexibility index (Phi) is 2.41. The van der Waals surface area contributed by atoms with Gasteiger partial charge in [-0.15, -0.1) is 10.2 Å². The minimum atomic E-state index is -4.40. The summed E-state index contributed by atoms with van der Waals surface area (Å²) < 4.78 is 40.1. The molecule has 2 rings (SSSR count). The van der Waals surface area contributed by atoms with Gasteiger partial charge in [0.1, 0.15) is 5.82 Å². The molecule has 0 saturated heterocycles. The largest absolute Gasteiger partial charge is 0.451 e. The van der Waals surface area contributed by atoms with Gasteiger partial charge < -0.3 is 4.57 Å². The van der Waals surface area contributed by atoms with Crippen molar-refractivity contribution >= 4 is 22.9 Å². The van der Waals surface area contributed by atoms with Gasteiger partial charge in [-0.2, -0.15) is 13.2 Å². The van der Waals surface area contributed by atoms with Crippen molar-refractivity contribution in [1.29, 1.82) is 0 Å². The number of hydrogen-bond donors (Lipinski definition) is 0. The lowest BCUT2D eigenvalue weighted by atomic mass is 10.4. The van der Waals surface area contributed by atoms with Crippen molar-refractivity contribution in [2.45, 2.75) is 19.3 Å². The van der Waals surface area contributed by atoms with E-state index >= 15 is 0 Å². The van der Waals surface area contributed by atoms with Crippen molar-refractivity contribution < 1.29 is 13.2 Å². The first-order chi connectivity index (χ1) is 6.48. The molecule has 0 radical (unpaired) electrons. The van der Waals surface area contributed by atoms with Gasteiger partial charge in [-0.1, -0.05) is 0 Å². The summed E-state index contributed by atoms with van der Waals surface area (Å²) in [5.41, 5.74) is 0. The van der Waals surface area contributed by atoms with Crippen LogP contribution in [0.15, 0.2) is 0 Å². The van der Waals surface area contributed by atoms with Gasteiger partial charge in [0.25, 0.3) is 0 Å². The highest BCUT2D eigenvalue weighted by molar-refractivity contribution is 14.1. The molecule has 1 aliphatic rings. The second-order valence-electron chi connectivity index (χ2n) is 2.93. The molecule has 0 fully saturated rings. The fourth-order valence-corrected chi connectivity index (χ4v) is 1.86. The molecule has 1 aliphatic heterocycles. The lowest BCUT2D eigenvalue weighted by molar-refractivity contribution is -0.147. The zero-order valence-corrected chi connectivity index (χ0v) is 9.08. The average Bonchev–Trinajstić information content (AvgIpc) is 2.45. The van der Waals surface area contributed by atoms with Crippen LogP contribution in [-0.2, 0) is 19.3 Å². The Bertz CT molecular complexity index is 347. The van der Waals surface area contributed by atoms with Crippen LogP contribution >= 0.6 is 22.9 Å². The first-order valence-electron chi connectivity index (χ1n) is 3.88. The number of rotatable bonds is 0. The molecule has 0 amide bonds. The second-order valence-corrected chi connectivity index (χ2v) is 4.30. The quantitative estimate of drug-likeness (QED) is 0.536. The Morgan fingerprint density at radius 3 is 2.57 bits per heavy atom. The van der Waals surface area contributed by atoms with Crippen LogP contribution < -0.4 is 0 Å². The minimum Gasteiger partial charge on any atom is -0.305 e. The van der Waals surface area contributed by atoms with Crippen LogP contribution in [0.5, 0.6) is 0 Å². The number of aromatic nitrogens is 3. The fourth-order valence-electron chi connectivity index (χ4n) is 1.34. The predicted octanol–water partition coefficient (Wildman–Crippen LogP) is 1.46. The fraction of sp³-hybridized carbons (Fsp3) is 0.667. The Morgan fingerprint density at radius 2 is 1.93 bits per heavy atom. The molecule has 78 valence electrons. The van der Waals surface area contributed by atoms with E-state index in [2.05, 4.69) is 33.1 Å². The van der Waals surface area contributed by atoms with E-state index in [1.54, 1.807) is 0 Å². The molecular weight excluding hydrogens is 312 g/mol. The number of alkyl halides is 3. The number of hydrogen-bond acceptors (Lipinski definition) is 3. The maximum atomic E-state index is 12.4. The predicted molar refractivity (Wildman–Crippen MR) is 49.5 cm³/mol. The Hall–Kier alpha value is -0.380. The summed E-state index contributed by atoms with van der Waals surface area (Å²) >= 11 is 2.05. The molecule has 0 unspecified atom stereocenters. The summed E-state index contributed by atoms with van der Waals surface area (Å²) in [5.74, 6) is -0.519. The van der Waals surface area contributed by atoms with Crippen molar-refractivity contribution in [3.8, 4) is 0 Å². The van der Waals surface area contributed by atoms with E-state index < -0.39 is 12.0 Å². The van der Waals surface area contributed by atoms with Gasteiger partial charge in [0.05, 0.1) is 6.54 Å². The molecule has 1 aromatic heterocycles. The van der Waals surface area contributed by atoms with Crippen LogP contribution in [-0.4, -0.2) is 24.4 Å². The molecule has 4 nitrogen and oxygen atoms in total. The molecule has 0 aliphatic carbocycles. The van der Waals surface area contributed by atoms with Gasteiger partial charge >= 0.3 is 6.18 Å². The summed E-state index contributed by atoms with van der Waals surface area (Å²) in [6.07, 6.45) is -4.40. The third-order valence-electron chi connectivity index (χ3n) is 1.96. The standard InChI is InChI=1S/C6H6F3IN4/c7-6(8,9)5-12-11-4-3-13(10)1-2-14(4)5/h1-3H2. The van der Waals surface area contributed by atoms with E-state index in [-0.39, 0.29) is 0 Å². The van der Waals surface area contributed by atoms with Crippen molar-refractivity contribution in [2.24, 2.45) is 0 Å². The molecule has 0 spiro atoms. The SMILES string of the molecule is FC(F)(F)c1nnc2n1CCN(I)C2. The monoisotopic (exact) mass is 318 g/mol. The highest BCUT2D eigenvalue weighted by Gasteiger charge is 2.39. The molecule has 0 saturated carbocycles. The zero-order valence-electron chi connectivity index (χ0n) is 6.92. The molecule has 0 bridgehead atoms. The first kappa shape index (κ1) is 10.1. The van der Waals surface area contributed by atoms with Crippen LogP contribution in [0.4, 0.5) is 13.2 Å². The van der Waals surface area contributed by atoms with E-state index in [4.69, 9.17) is 0 Å². The second kappa shape index (κ2) is 3.33. The van der Waals surface area contributed by atoms with Crippen LogP contribution in [0.2, 0.25) is 0 Å². The minimum absolute atomic E-state index is 0.292. The summed E-state index contributed by atoms with van der Waals surface area (Å²) in [6.45, 7) is 1.28. The van der Waals surface area contributed by atoms with E-state index in [1.165, 1.54) is 0 Å². The summed E-state index contributed by atoms with van der Waals surface area (Å²) in [5, 5.41) is 6.68. The molecule has 0 atom stereocenters. The zero-order chi connectivity index (χ0) is 10.3. The maximum Gasteiger partial charge on any atom is 0.451 e. The van der Waals surface area contributed by atoms with Gasteiger partial charge in [-0.25, -0.2) is 3.11 Å². The van der Waals surface area contributed by atoms with Gasteiger partial charge in [-0.3, -0.25) is 0 Å². The molecule has 0 aromatic carbocycles. The van der Waals surface area contributed by atoms with Crippen LogP contribution in [0, 0.1) is 0 Å². The van der Waals surface area contributed by atoms with Gasteiger partial charge in [0.15, 0.2) is 0 Å². The van der Waals surface area contributed by atoms with Gasteiger partial charge in [0, 0.05) is 36.0 Å². The van der Waals surface area contributed by atoms with Crippen molar-refractivity contribution in [2.75, 3.05) is 6.54 Å². The van der Waals surface area contributed by atoms with E-state index in [0.29, 0.717) is 25.5 Å². The molecule has 0 N–H and O–H groups in total. The molecule has 2 heterocycles. The topological polar surface area (TPSA) is 34.0 Å². The third-order valence-corrected chi connectivity index (χ3v) is 2.78. The highest BCUT2D eigenvalue weighted by Crippen LogP contribution is 2.29. The van der Waals surface area contributed by atoms with E-state index in [1.807, 2.05) is 3.11 Å². The van der Waals surface area contributed by atoms with Crippen molar-refractivity contribution in [1.82, 2.24) is 17.9 Å². The molecule has 14 heavy (non-hydrogen) atoms. The van der Waals surface area contributed by atoms with Crippen molar-refractivity contribution in [3.63, 3.8) is 0 Å². The summed E-state index contributed by atoms with van der Waals surface area (Å²) in [4.78, 5) is 0.